The first kappa shape index (κ1) is 21.7. The van der Waals surface area contributed by atoms with Gasteiger partial charge in [-0.1, -0.05) is 19.1 Å². The monoisotopic (exact) mass is 462 g/mol. The van der Waals surface area contributed by atoms with Crippen molar-refractivity contribution in [1.82, 2.24) is 15.5 Å². The van der Waals surface area contributed by atoms with Crippen LogP contribution in [0.3, 0.4) is 0 Å². The number of carbonyl (C=O) groups is 1. The number of aliphatic imine (C=N–C) groups is 1. The third-order valence-electron chi connectivity index (χ3n) is 4.36. The summed E-state index contributed by atoms with van der Waals surface area (Å²) in [6.07, 6.45) is 3.51. The first-order chi connectivity index (χ1) is 11.6. The van der Waals surface area contributed by atoms with Crippen molar-refractivity contribution in [1.29, 1.82) is 0 Å². The molecule has 2 N–H and O–H groups in total. The maximum atomic E-state index is 13.2. The minimum atomic E-state index is -0.238. The molecule has 1 unspecified atom stereocenters. The average molecular weight is 462 g/mol. The molecule has 1 aromatic rings. The highest BCUT2D eigenvalue weighted by atomic mass is 127. The Morgan fingerprint density at radius 1 is 1.40 bits per heavy atom. The molecule has 1 fully saturated rings. The van der Waals surface area contributed by atoms with Crippen LogP contribution in [0.1, 0.15) is 38.2 Å². The number of carbonyl (C=O) groups excluding carboxylic acids is 1. The predicted molar refractivity (Wildman–Crippen MR) is 110 cm³/mol. The molecule has 1 heterocycles. The zero-order valence-corrected chi connectivity index (χ0v) is 17.3. The Kier molecular flexibility index (Phi) is 9.77. The summed E-state index contributed by atoms with van der Waals surface area (Å²) in [6, 6.07) is 6.79. The third-order valence-corrected chi connectivity index (χ3v) is 4.36. The van der Waals surface area contributed by atoms with E-state index in [-0.39, 0.29) is 41.7 Å². The van der Waals surface area contributed by atoms with Gasteiger partial charge in [0.05, 0.1) is 0 Å². The van der Waals surface area contributed by atoms with Crippen LogP contribution in [0.2, 0.25) is 0 Å². The van der Waals surface area contributed by atoms with Gasteiger partial charge >= 0.3 is 0 Å². The van der Waals surface area contributed by atoms with E-state index in [4.69, 9.17) is 0 Å². The molecule has 1 atom stereocenters. The Hall–Kier alpha value is -1.38. The number of halogens is 2. The van der Waals surface area contributed by atoms with Gasteiger partial charge in [0.25, 0.3) is 0 Å². The predicted octanol–water partition coefficient (Wildman–Crippen LogP) is 2.90. The summed E-state index contributed by atoms with van der Waals surface area (Å²) in [5.74, 6) is 0.718. The minimum absolute atomic E-state index is 0. The van der Waals surface area contributed by atoms with Crippen LogP contribution in [0.4, 0.5) is 4.39 Å². The first-order valence-electron chi connectivity index (χ1n) is 8.62. The molecule has 140 valence electrons. The van der Waals surface area contributed by atoms with Gasteiger partial charge in [0.2, 0.25) is 5.91 Å². The lowest BCUT2D eigenvalue weighted by atomic mass is 10.1. The van der Waals surface area contributed by atoms with Crippen LogP contribution in [-0.2, 0) is 11.3 Å². The zero-order valence-electron chi connectivity index (χ0n) is 14.9. The van der Waals surface area contributed by atoms with Gasteiger partial charge in [-0.25, -0.2) is 4.39 Å². The molecule has 1 saturated heterocycles. The Labute approximate surface area is 166 Å². The lowest BCUT2D eigenvalue weighted by Gasteiger charge is -2.27. The third kappa shape index (κ3) is 6.80. The molecule has 0 radical (unpaired) electrons. The molecule has 1 aliphatic rings. The van der Waals surface area contributed by atoms with Gasteiger partial charge in [0, 0.05) is 39.1 Å². The number of benzene rings is 1. The number of hydrogen-bond donors (Lipinski definition) is 2. The molecule has 1 aliphatic heterocycles. The van der Waals surface area contributed by atoms with E-state index < -0.39 is 0 Å². The second-order valence-electron chi connectivity index (χ2n) is 6.02. The van der Waals surface area contributed by atoms with Crippen molar-refractivity contribution in [2.24, 2.45) is 4.99 Å². The quantitative estimate of drug-likeness (QED) is 0.372. The summed E-state index contributed by atoms with van der Waals surface area (Å²) in [4.78, 5) is 18.0. The van der Waals surface area contributed by atoms with Crippen LogP contribution >= 0.6 is 24.0 Å². The number of amides is 1. The van der Waals surface area contributed by atoms with Gasteiger partial charge in [-0.15, -0.1) is 24.0 Å². The molecule has 1 amide bonds. The largest absolute Gasteiger partial charge is 0.356 e. The maximum Gasteiger partial charge on any atom is 0.222 e. The van der Waals surface area contributed by atoms with E-state index in [1.807, 2.05) is 11.0 Å². The Bertz CT molecular complexity index is 582. The lowest BCUT2D eigenvalue weighted by molar-refractivity contribution is -0.129. The lowest BCUT2D eigenvalue weighted by Crippen LogP contribution is -2.41. The van der Waals surface area contributed by atoms with E-state index in [2.05, 4.69) is 22.5 Å². The van der Waals surface area contributed by atoms with E-state index in [1.54, 1.807) is 13.1 Å². The van der Waals surface area contributed by atoms with E-state index in [9.17, 15) is 9.18 Å². The fraction of sp³-hybridized carbons (Fsp3) is 0.556. The summed E-state index contributed by atoms with van der Waals surface area (Å²) < 4.78 is 13.2. The Morgan fingerprint density at radius 2 is 2.20 bits per heavy atom. The van der Waals surface area contributed by atoms with Crippen LogP contribution in [-0.4, -0.2) is 42.9 Å². The van der Waals surface area contributed by atoms with E-state index >= 15 is 0 Å². The number of hydrogen-bond acceptors (Lipinski definition) is 2. The van der Waals surface area contributed by atoms with Crippen LogP contribution in [0, 0.1) is 5.82 Å². The van der Waals surface area contributed by atoms with Crippen LogP contribution in [0.15, 0.2) is 29.3 Å². The summed E-state index contributed by atoms with van der Waals surface area (Å²) in [6.45, 7) is 4.25. The SMILES string of the molecule is CCC(CCNC(=NC)NCc1cccc(F)c1)N1CCCC1=O.I. The van der Waals surface area contributed by atoms with E-state index in [0.717, 1.165) is 37.9 Å². The molecular weight excluding hydrogens is 434 g/mol. The average Bonchev–Trinajstić information content (AvgIpc) is 3.00. The van der Waals surface area contributed by atoms with Crippen LogP contribution in [0.5, 0.6) is 0 Å². The number of likely N-dealkylation sites (tertiary alicyclic amines) is 1. The van der Waals surface area contributed by atoms with Crippen molar-refractivity contribution in [3.8, 4) is 0 Å². The van der Waals surface area contributed by atoms with Gasteiger partial charge in [-0.2, -0.15) is 0 Å². The number of nitrogens with one attached hydrogen (secondary N) is 2. The smallest absolute Gasteiger partial charge is 0.222 e. The van der Waals surface area contributed by atoms with Crippen molar-refractivity contribution < 1.29 is 9.18 Å². The van der Waals surface area contributed by atoms with Gasteiger partial charge < -0.3 is 15.5 Å². The van der Waals surface area contributed by atoms with Crippen LogP contribution in [0.25, 0.3) is 0 Å². The van der Waals surface area contributed by atoms with Crippen molar-refractivity contribution in [3.05, 3.63) is 35.6 Å². The standard InChI is InChI=1S/C18H27FN4O.HI/c1-3-16(23-11-5-8-17(23)24)9-10-21-18(20-2)22-13-14-6-4-7-15(19)12-14;/h4,6-7,12,16H,3,5,8-11,13H2,1-2H3,(H2,20,21,22);1H. The van der Waals surface area contributed by atoms with E-state index in [0.29, 0.717) is 18.9 Å². The van der Waals surface area contributed by atoms with Gasteiger partial charge in [-0.05, 0) is 37.0 Å². The fourth-order valence-corrected chi connectivity index (χ4v) is 3.05. The fourth-order valence-electron chi connectivity index (χ4n) is 3.05. The molecule has 5 nitrogen and oxygen atoms in total. The van der Waals surface area contributed by atoms with Crippen molar-refractivity contribution >= 4 is 35.8 Å². The minimum Gasteiger partial charge on any atom is -0.356 e. The van der Waals surface area contributed by atoms with Crippen molar-refractivity contribution in [2.45, 2.75) is 45.2 Å². The van der Waals surface area contributed by atoms with E-state index in [1.165, 1.54) is 12.1 Å². The number of rotatable bonds is 7. The second-order valence-corrected chi connectivity index (χ2v) is 6.02. The first-order valence-corrected chi connectivity index (χ1v) is 8.62. The maximum absolute atomic E-state index is 13.2. The van der Waals surface area contributed by atoms with Gasteiger partial charge in [0.1, 0.15) is 5.82 Å². The summed E-state index contributed by atoms with van der Waals surface area (Å²) in [5, 5.41) is 6.44. The molecule has 0 bridgehead atoms. The molecule has 1 aromatic carbocycles. The highest BCUT2D eigenvalue weighted by Crippen LogP contribution is 2.17. The molecule has 0 saturated carbocycles. The van der Waals surface area contributed by atoms with Crippen molar-refractivity contribution in [3.63, 3.8) is 0 Å². The van der Waals surface area contributed by atoms with Crippen molar-refractivity contribution in [2.75, 3.05) is 20.1 Å². The van der Waals surface area contributed by atoms with Gasteiger partial charge in [-0.3, -0.25) is 9.79 Å². The highest BCUT2D eigenvalue weighted by Gasteiger charge is 2.26. The van der Waals surface area contributed by atoms with Gasteiger partial charge in [0.15, 0.2) is 5.96 Å². The normalized spacial score (nSPS) is 15.7. The molecule has 0 aliphatic carbocycles. The molecule has 25 heavy (non-hydrogen) atoms. The molecular formula is C18H28FIN4O. The molecule has 0 aromatic heterocycles. The Morgan fingerprint density at radius 3 is 2.80 bits per heavy atom. The number of nitrogens with zero attached hydrogens (tertiary/aromatic N) is 2. The van der Waals surface area contributed by atoms with Crippen LogP contribution < -0.4 is 10.6 Å². The molecule has 7 heteroatoms. The second kappa shape index (κ2) is 11.3. The molecule has 2 rings (SSSR count). The topological polar surface area (TPSA) is 56.7 Å². The summed E-state index contributed by atoms with van der Waals surface area (Å²) in [7, 11) is 1.71. The Balaban J connectivity index is 0.00000312. The zero-order chi connectivity index (χ0) is 17.4. The summed E-state index contributed by atoms with van der Waals surface area (Å²) >= 11 is 0. The summed E-state index contributed by atoms with van der Waals surface area (Å²) in [5.41, 5.74) is 0.868. The molecule has 0 spiro atoms. The highest BCUT2D eigenvalue weighted by molar-refractivity contribution is 14.0. The number of guanidine groups is 1.